The van der Waals surface area contributed by atoms with Crippen molar-refractivity contribution in [3.05, 3.63) is 48.0 Å². The average Bonchev–Trinajstić information content (AvgIpc) is 2.63. The molecule has 0 bridgehead atoms. The van der Waals surface area contributed by atoms with Crippen LogP contribution >= 0.6 is 0 Å². The SMILES string of the molecule is CCOc1ccccc1NC(=O)C[NH+](C)Cc1ccc(OC)c(OC)c1. The summed E-state index contributed by atoms with van der Waals surface area (Å²) in [4.78, 5) is 13.4. The first-order chi connectivity index (χ1) is 12.6. The normalized spacial score (nSPS) is 11.5. The Morgan fingerprint density at radius 1 is 1.04 bits per heavy atom. The largest absolute Gasteiger partial charge is 0.493 e. The first kappa shape index (κ1) is 19.6. The number of likely N-dealkylation sites (N-methyl/N-ethyl adjacent to an activating group) is 1. The number of nitrogens with one attached hydrogen (secondary N) is 2. The lowest BCUT2D eigenvalue weighted by Gasteiger charge is -2.16. The van der Waals surface area contributed by atoms with Crippen LogP contribution in [0.1, 0.15) is 12.5 Å². The minimum absolute atomic E-state index is 0.0601. The number of anilines is 1. The molecule has 6 nitrogen and oxygen atoms in total. The number of amides is 1. The van der Waals surface area contributed by atoms with Gasteiger partial charge in [0.2, 0.25) is 0 Å². The fraction of sp³-hybridized carbons (Fsp3) is 0.350. The predicted octanol–water partition coefficient (Wildman–Crippen LogP) is 1.76. The Morgan fingerprint density at radius 3 is 2.46 bits per heavy atom. The minimum Gasteiger partial charge on any atom is -0.493 e. The molecule has 1 unspecified atom stereocenters. The molecule has 6 heteroatoms. The van der Waals surface area contributed by atoms with Gasteiger partial charge in [-0.1, -0.05) is 12.1 Å². The van der Waals surface area contributed by atoms with Gasteiger partial charge in [-0.2, -0.15) is 0 Å². The highest BCUT2D eigenvalue weighted by Gasteiger charge is 2.14. The number of ether oxygens (including phenoxy) is 3. The Hall–Kier alpha value is -2.73. The van der Waals surface area contributed by atoms with Crippen molar-refractivity contribution in [1.82, 2.24) is 0 Å². The van der Waals surface area contributed by atoms with Gasteiger partial charge in [-0.25, -0.2) is 0 Å². The summed E-state index contributed by atoms with van der Waals surface area (Å²) in [6.45, 7) is 3.51. The zero-order chi connectivity index (χ0) is 18.9. The van der Waals surface area contributed by atoms with Crippen molar-refractivity contribution < 1.29 is 23.9 Å². The van der Waals surface area contributed by atoms with E-state index in [9.17, 15) is 4.79 Å². The molecule has 0 spiro atoms. The first-order valence-electron chi connectivity index (χ1n) is 8.61. The molecule has 1 atom stereocenters. The van der Waals surface area contributed by atoms with Crippen LogP contribution in [-0.2, 0) is 11.3 Å². The van der Waals surface area contributed by atoms with Gasteiger partial charge in [-0.05, 0) is 37.3 Å². The molecule has 0 saturated carbocycles. The van der Waals surface area contributed by atoms with E-state index in [-0.39, 0.29) is 5.91 Å². The Morgan fingerprint density at radius 2 is 1.77 bits per heavy atom. The number of hydrogen-bond donors (Lipinski definition) is 2. The highest BCUT2D eigenvalue weighted by atomic mass is 16.5. The van der Waals surface area contributed by atoms with Gasteiger partial charge in [0, 0.05) is 5.56 Å². The maximum absolute atomic E-state index is 12.4. The molecule has 0 aliphatic rings. The Balaban J connectivity index is 1.95. The van der Waals surface area contributed by atoms with Gasteiger partial charge in [-0.15, -0.1) is 0 Å². The quantitative estimate of drug-likeness (QED) is 0.716. The van der Waals surface area contributed by atoms with Crippen LogP contribution in [0.4, 0.5) is 5.69 Å². The summed E-state index contributed by atoms with van der Waals surface area (Å²) < 4.78 is 16.1. The number of rotatable bonds is 9. The number of quaternary nitrogens is 1. The van der Waals surface area contributed by atoms with Crippen LogP contribution < -0.4 is 24.4 Å². The molecule has 0 aromatic heterocycles. The van der Waals surface area contributed by atoms with Gasteiger partial charge in [0.05, 0.1) is 33.6 Å². The second-order valence-electron chi connectivity index (χ2n) is 5.98. The smallest absolute Gasteiger partial charge is 0.279 e. The molecule has 0 aliphatic heterocycles. The van der Waals surface area contributed by atoms with Crippen LogP contribution in [0, 0.1) is 0 Å². The molecule has 2 aromatic rings. The van der Waals surface area contributed by atoms with Crippen LogP contribution in [-0.4, -0.2) is 40.3 Å². The lowest BCUT2D eigenvalue weighted by Crippen LogP contribution is -3.08. The van der Waals surface area contributed by atoms with Crippen molar-refractivity contribution in [1.29, 1.82) is 0 Å². The number of benzene rings is 2. The summed E-state index contributed by atoms with van der Waals surface area (Å²) in [6.07, 6.45) is 0. The summed E-state index contributed by atoms with van der Waals surface area (Å²) in [6, 6.07) is 13.2. The maximum atomic E-state index is 12.4. The molecule has 2 aromatic carbocycles. The molecule has 1 amide bonds. The predicted molar refractivity (Wildman–Crippen MR) is 101 cm³/mol. The van der Waals surface area contributed by atoms with E-state index in [1.54, 1.807) is 14.2 Å². The first-order valence-corrected chi connectivity index (χ1v) is 8.61. The number of carbonyl (C=O) groups excluding carboxylic acids is 1. The molecule has 0 fully saturated rings. The molecular weight excluding hydrogens is 332 g/mol. The third kappa shape index (κ3) is 5.39. The van der Waals surface area contributed by atoms with Crippen molar-refractivity contribution >= 4 is 11.6 Å². The number of methoxy groups -OCH3 is 2. The van der Waals surface area contributed by atoms with Gasteiger partial charge in [0.15, 0.2) is 18.0 Å². The van der Waals surface area contributed by atoms with Crippen molar-refractivity contribution in [2.24, 2.45) is 0 Å². The standard InChI is InChI=1S/C20H26N2O4/c1-5-26-17-9-7-6-8-16(17)21-20(23)14-22(2)13-15-10-11-18(24-3)19(12-15)25-4/h6-12H,5,13-14H2,1-4H3,(H,21,23)/p+1. The lowest BCUT2D eigenvalue weighted by molar-refractivity contribution is -0.885. The van der Waals surface area contributed by atoms with E-state index in [0.717, 1.165) is 10.5 Å². The highest BCUT2D eigenvalue weighted by Crippen LogP contribution is 2.27. The minimum atomic E-state index is -0.0601. The van der Waals surface area contributed by atoms with Gasteiger partial charge in [-0.3, -0.25) is 4.79 Å². The van der Waals surface area contributed by atoms with Crippen molar-refractivity contribution in [2.45, 2.75) is 13.5 Å². The highest BCUT2D eigenvalue weighted by molar-refractivity contribution is 5.92. The van der Waals surface area contributed by atoms with Crippen LogP contribution in [0.5, 0.6) is 17.2 Å². The van der Waals surface area contributed by atoms with Crippen LogP contribution in [0.2, 0.25) is 0 Å². The van der Waals surface area contributed by atoms with E-state index >= 15 is 0 Å². The molecular formula is C20H27N2O4+. The van der Waals surface area contributed by atoms with Crippen molar-refractivity contribution in [2.75, 3.05) is 39.7 Å². The second kappa shape index (κ2) is 9.68. The van der Waals surface area contributed by atoms with Gasteiger partial charge in [0.25, 0.3) is 5.91 Å². The molecule has 2 N–H and O–H groups in total. The topological polar surface area (TPSA) is 61.2 Å². The zero-order valence-electron chi connectivity index (χ0n) is 15.8. The fourth-order valence-electron chi connectivity index (χ4n) is 2.72. The molecule has 26 heavy (non-hydrogen) atoms. The van der Waals surface area contributed by atoms with E-state index < -0.39 is 0 Å². The molecule has 0 heterocycles. The van der Waals surface area contributed by atoms with Crippen molar-refractivity contribution in [3.63, 3.8) is 0 Å². The van der Waals surface area contributed by atoms with Crippen molar-refractivity contribution in [3.8, 4) is 17.2 Å². The Bertz CT molecular complexity index is 734. The summed E-state index contributed by atoms with van der Waals surface area (Å²) in [7, 11) is 5.20. The molecule has 0 aliphatic carbocycles. The Labute approximate surface area is 154 Å². The number of para-hydroxylation sites is 2. The molecule has 140 valence electrons. The molecule has 0 radical (unpaired) electrons. The summed E-state index contributed by atoms with van der Waals surface area (Å²) in [5.41, 5.74) is 1.76. The van der Waals surface area contributed by atoms with Crippen LogP contribution in [0.15, 0.2) is 42.5 Å². The molecule has 0 saturated heterocycles. The third-order valence-corrected chi connectivity index (χ3v) is 3.88. The van der Waals surface area contributed by atoms with E-state index in [1.165, 1.54) is 0 Å². The van der Waals surface area contributed by atoms with Gasteiger partial charge < -0.3 is 24.4 Å². The van der Waals surface area contributed by atoms with E-state index in [4.69, 9.17) is 14.2 Å². The van der Waals surface area contributed by atoms with Gasteiger partial charge >= 0.3 is 0 Å². The Kier molecular flexibility index (Phi) is 7.29. The zero-order valence-corrected chi connectivity index (χ0v) is 15.8. The second-order valence-corrected chi connectivity index (χ2v) is 5.98. The maximum Gasteiger partial charge on any atom is 0.279 e. The summed E-state index contributed by atoms with van der Waals surface area (Å²) >= 11 is 0. The van der Waals surface area contributed by atoms with E-state index in [2.05, 4.69) is 5.32 Å². The lowest BCUT2D eigenvalue weighted by atomic mass is 10.2. The number of carbonyl (C=O) groups is 1. The monoisotopic (exact) mass is 359 g/mol. The third-order valence-electron chi connectivity index (χ3n) is 3.88. The summed E-state index contributed by atoms with van der Waals surface area (Å²) in [5, 5.41) is 2.92. The van der Waals surface area contributed by atoms with E-state index in [1.807, 2.05) is 56.4 Å². The van der Waals surface area contributed by atoms with Gasteiger partial charge in [0.1, 0.15) is 12.3 Å². The van der Waals surface area contributed by atoms with Crippen LogP contribution in [0.3, 0.4) is 0 Å². The fourth-order valence-corrected chi connectivity index (χ4v) is 2.72. The number of hydrogen-bond acceptors (Lipinski definition) is 4. The van der Waals surface area contributed by atoms with E-state index in [0.29, 0.717) is 42.6 Å². The van der Waals surface area contributed by atoms with Crippen LogP contribution in [0.25, 0.3) is 0 Å². The average molecular weight is 359 g/mol. The summed E-state index contributed by atoms with van der Waals surface area (Å²) in [5.74, 6) is 2.00. The molecule has 2 rings (SSSR count).